The van der Waals surface area contributed by atoms with Crippen LogP contribution in [0.1, 0.15) is 24.8 Å². The van der Waals surface area contributed by atoms with Gasteiger partial charge in [-0.3, -0.25) is 9.52 Å². The number of benzene rings is 2. The maximum Gasteiger partial charge on any atom is 0.265 e. The Bertz CT molecular complexity index is 1120. The second-order valence-corrected chi connectivity index (χ2v) is 8.85. The molecule has 6 nitrogen and oxygen atoms in total. The molecule has 0 atom stereocenters. The first kappa shape index (κ1) is 18.9. The number of fused-ring (bicyclic) bond motifs is 2. The topological polar surface area (TPSA) is 84.5 Å². The van der Waals surface area contributed by atoms with Crippen molar-refractivity contribution in [3.05, 3.63) is 46.5 Å². The highest BCUT2D eigenvalue weighted by molar-refractivity contribution is 7.92. The quantitative estimate of drug-likeness (QED) is 0.775. The van der Waals surface area contributed by atoms with Crippen molar-refractivity contribution in [1.82, 2.24) is 0 Å². The molecule has 1 aliphatic carbocycles. The van der Waals surface area contributed by atoms with Crippen LogP contribution in [0.4, 0.5) is 20.2 Å². The minimum atomic E-state index is -4.39. The van der Waals surface area contributed by atoms with E-state index in [9.17, 15) is 22.0 Å². The van der Waals surface area contributed by atoms with Crippen molar-refractivity contribution in [2.45, 2.75) is 29.6 Å². The van der Waals surface area contributed by atoms with Crippen LogP contribution < -0.4 is 14.8 Å². The van der Waals surface area contributed by atoms with Crippen LogP contribution in [-0.4, -0.2) is 21.4 Å². The molecule has 0 aromatic heterocycles. The maximum atomic E-state index is 13.9. The Labute approximate surface area is 164 Å². The van der Waals surface area contributed by atoms with Crippen LogP contribution in [0.25, 0.3) is 0 Å². The molecule has 1 heterocycles. The van der Waals surface area contributed by atoms with Crippen molar-refractivity contribution in [2.24, 2.45) is 0 Å². The average molecular weight is 429 g/mol. The third-order valence-electron chi connectivity index (χ3n) is 5.21. The number of methoxy groups -OCH3 is 1. The molecule has 2 aliphatic rings. The molecule has 1 fully saturated rings. The number of carbonyl (C=O) groups is 1. The monoisotopic (exact) mass is 428 g/mol. The van der Waals surface area contributed by atoms with E-state index in [4.69, 9.17) is 16.3 Å². The van der Waals surface area contributed by atoms with Crippen molar-refractivity contribution < 1.29 is 26.7 Å². The van der Waals surface area contributed by atoms with Crippen LogP contribution in [0.5, 0.6) is 5.75 Å². The van der Waals surface area contributed by atoms with Gasteiger partial charge in [0, 0.05) is 6.07 Å². The standard InChI is InChI=1S/C18H15ClF2N2O4S/c1-27-16-13(21)5-9(20)6-14(16)28(25,26)23-10-7-11-15(12(19)8-10)22-17(24)18(11)3-2-4-18/h5-8,23H,2-4H2,1H3,(H,22,24). The van der Waals surface area contributed by atoms with Crippen LogP contribution >= 0.6 is 11.6 Å². The second kappa shape index (κ2) is 6.31. The first-order valence-corrected chi connectivity index (χ1v) is 10.3. The number of carbonyl (C=O) groups excluding carboxylic acids is 1. The molecule has 1 spiro atoms. The summed E-state index contributed by atoms with van der Waals surface area (Å²) >= 11 is 6.24. The molecular weight excluding hydrogens is 414 g/mol. The molecule has 0 saturated heterocycles. The van der Waals surface area contributed by atoms with E-state index in [1.807, 2.05) is 0 Å². The number of halogens is 3. The average Bonchev–Trinajstić information content (AvgIpc) is 2.86. The molecule has 0 unspecified atom stereocenters. The Morgan fingerprint density at radius 1 is 1.21 bits per heavy atom. The van der Waals surface area contributed by atoms with E-state index in [0.29, 0.717) is 36.2 Å². The van der Waals surface area contributed by atoms with Crippen LogP contribution in [0.2, 0.25) is 5.02 Å². The van der Waals surface area contributed by atoms with Crippen molar-refractivity contribution >= 4 is 38.9 Å². The largest absolute Gasteiger partial charge is 0.492 e. The number of hydrogen-bond acceptors (Lipinski definition) is 4. The number of amides is 1. The van der Waals surface area contributed by atoms with Crippen LogP contribution in [0.3, 0.4) is 0 Å². The summed E-state index contributed by atoms with van der Waals surface area (Å²) in [6.07, 6.45) is 2.16. The SMILES string of the molecule is COc1c(F)cc(F)cc1S(=O)(=O)Nc1cc(Cl)c2c(c1)C1(CCC1)C(=O)N2. The van der Waals surface area contributed by atoms with Gasteiger partial charge in [-0.1, -0.05) is 18.0 Å². The normalized spacial score (nSPS) is 17.1. The fourth-order valence-corrected chi connectivity index (χ4v) is 5.19. The lowest BCUT2D eigenvalue weighted by Crippen LogP contribution is -2.40. The lowest BCUT2D eigenvalue weighted by molar-refractivity contribution is -0.123. The van der Waals surface area contributed by atoms with E-state index in [1.165, 1.54) is 12.1 Å². The zero-order chi connectivity index (χ0) is 20.3. The van der Waals surface area contributed by atoms with Gasteiger partial charge in [0.1, 0.15) is 10.7 Å². The van der Waals surface area contributed by atoms with Gasteiger partial charge in [0.2, 0.25) is 5.91 Å². The third-order valence-corrected chi connectivity index (χ3v) is 6.89. The molecule has 148 valence electrons. The fraction of sp³-hybridized carbons (Fsp3) is 0.278. The molecule has 28 heavy (non-hydrogen) atoms. The molecule has 1 amide bonds. The van der Waals surface area contributed by atoms with E-state index in [0.717, 1.165) is 13.5 Å². The Morgan fingerprint density at radius 2 is 1.93 bits per heavy atom. The second-order valence-electron chi connectivity index (χ2n) is 6.79. The number of nitrogens with one attached hydrogen (secondary N) is 2. The van der Waals surface area contributed by atoms with Gasteiger partial charge in [-0.2, -0.15) is 0 Å². The Kier molecular flexibility index (Phi) is 4.27. The highest BCUT2D eigenvalue weighted by Gasteiger charge is 2.51. The maximum absolute atomic E-state index is 13.9. The smallest absolute Gasteiger partial charge is 0.265 e. The van der Waals surface area contributed by atoms with Crippen molar-refractivity contribution in [2.75, 3.05) is 17.1 Å². The predicted octanol–water partition coefficient (Wildman–Crippen LogP) is 3.80. The molecule has 0 bridgehead atoms. The van der Waals surface area contributed by atoms with Gasteiger partial charge in [0.05, 0.1) is 28.9 Å². The highest BCUT2D eigenvalue weighted by atomic mass is 35.5. The summed E-state index contributed by atoms with van der Waals surface area (Å²) in [5.74, 6) is -2.97. The number of rotatable bonds is 4. The fourth-order valence-electron chi connectivity index (χ4n) is 3.70. The molecular formula is C18H15ClF2N2O4S. The summed E-state index contributed by atoms with van der Waals surface area (Å²) in [6, 6.07) is 4.05. The van der Waals surface area contributed by atoms with Crippen molar-refractivity contribution in [1.29, 1.82) is 0 Å². The molecule has 10 heteroatoms. The van der Waals surface area contributed by atoms with Gasteiger partial charge in [-0.15, -0.1) is 0 Å². The highest BCUT2D eigenvalue weighted by Crippen LogP contribution is 2.53. The number of sulfonamides is 1. The lowest BCUT2D eigenvalue weighted by Gasteiger charge is -2.36. The molecule has 1 saturated carbocycles. The summed E-state index contributed by atoms with van der Waals surface area (Å²) in [5, 5.41) is 2.92. The van der Waals surface area contributed by atoms with Gasteiger partial charge >= 0.3 is 0 Å². The lowest BCUT2D eigenvalue weighted by atomic mass is 9.65. The zero-order valence-electron chi connectivity index (χ0n) is 14.6. The van der Waals surface area contributed by atoms with E-state index >= 15 is 0 Å². The molecule has 2 N–H and O–H groups in total. The van der Waals surface area contributed by atoms with E-state index in [-0.39, 0.29) is 16.6 Å². The summed E-state index contributed by atoms with van der Waals surface area (Å²) in [6.45, 7) is 0. The summed E-state index contributed by atoms with van der Waals surface area (Å²) < 4.78 is 60.1. The van der Waals surface area contributed by atoms with Gasteiger partial charge < -0.3 is 10.1 Å². The Morgan fingerprint density at radius 3 is 2.54 bits per heavy atom. The van der Waals surface area contributed by atoms with Gasteiger partial charge in [-0.05, 0) is 36.6 Å². The van der Waals surface area contributed by atoms with Crippen molar-refractivity contribution in [3.8, 4) is 5.75 Å². The van der Waals surface area contributed by atoms with Gasteiger partial charge in [0.15, 0.2) is 11.6 Å². The first-order valence-electron chi connectivity index (χ1n) is 8.39. The number of hydrogen-bond donors (Lipinski definition) is 2. The molecule has 1 aliphatic heterocycles. The van der Waals surface area contributed by atoms with E-state index in [2.05, 4.69) is 10.0 Å². The van der Waals surface area contributed by atoms with E-state index in [1.54, 1.807) is 0 Å². The summed E-state index contributed by atoms with van der Waals surface area (Å²) in [5.41, 5.74) is 0.455. The van der Waals surface area contributed by atoms with Gasteiger partial charge in [-0.25, -0.2) is 17.2 Å². The van der Waals surface area contributed by atoms with Crippen molar-refractivity contribution in [3.63, 3.8) is 0 Å². The predicted molar refractivity (Wildman–Crippen MR) is 99.3 cm³/mol. The number of ether oxygens (including phenoxy) is 1. The first-order chi connectivity index (χ1) is 13.2. The number of anilines is 2. The zero-order valence-corrected chi connectivity index (χ0v) is 16.2. The molecule has 2 aromatic rings. The molecule has 4 rings (SSSR count). The minimum Gasteiger partial charge on any atom is -0.492 e. The summed E-state index contributed by atoms with van der Waals surface area (Å²) in [7, 11) is -3.31. The van der Waals surface area contributed by atoms with E-state index < -0.39 is 37.7 Å². The molecule has 0 radical (unpaired) electrons. The Hall–Kier alpha value is -2.39. The van der Waals surface area contributed by atoms with Crippen LogP contribution in [0.15, 0.2) is 29.2 Å². The third kappa shape index (κ3) is 2.72. The van der Waals surface area contributed by atoms with Crippen LogP contribution in [-0.2, 0) is 20.2 Å². The molecule has 2 aromatic carbocycles. The minimum absolute atomic E-state index is 0.0817. The van der Waals surface area contributed by atoms with Gasteiger partial charge in [0.25, 0.3) is 10.0 Å². The van der Waals surface area contributed by atoms with Crippen LogP contribution in [0, 0.1) is 11.6 Å². The summed E-state index contributed by atoms with van der Waals surface area (Å²) in [4.78, 5) is 11.7. The Balaban J connectivity index is 1.77.